The molecule has 2 amide bonds. The van der Waals surface area contributed by atoms with Gasteiger partial charge in [0.05, 0.1) is 0 Å². The summed E-state index contributed by atoms with van der Waals surface area (Å²) in [7, 11) is 0. The minimum Gasteiger partial charge on any atom is -0.480 e. The van der Waals surface area contributed by atoms with E-state index in [0.717, 1.165) is 0 Å². The predicted molar refractivity (Wildman–Crippen MR) is 45.5 cm³/mol. The first kappa shape index (κ1) is 11.4. The number of carbonyl (C=O) groups excluding carboxylic acids is 1. The Morgan fingerprint density at radius 3 is 2.62 bits per heavy atom. The van der Waals surface area contributed by atoms with E-state index in [0.29, 0.717) is 0 Å². The average molecular weight is 188 g/mol. The van der Waals surface area contributed by atoms with Gasteiger partial charge in [-0.05, 0) is 0 Å². The summed E-state index contributed by atoms with van der Waals surface area (Å²) in [5.41, 5.74) is 6.97. The number of carboxylic acids is 1. The van der Waals surface area contributed by atoms with Crippen molar-refractivity contribution in [2.75, 3.05) is 6.54 Å². The number of urea groups is 1. The second-order valence-electron chi connectivity index (χ2n) is 2.15. The van der Waals surface area contributed by atoms with Gasteiger partial charge >= 0.3 is 12.0 Å². The van der Waals surface area contributed by atoms with E-state index >= 15 is 0 Å². The maximum atomic E-state index is 10.5. The molecule has 0 radical (unpaired) electrons. The van der Waals surface area contributed by atoms with Crippen LogP contribution >= 0.6 is 0 Å². The van der Waals surface area contributed by atoms with E-state index in [9.17, 15) is 9.59 Å². The van der Waals surface area contributed by atoms with Crippen LogP contribution in [0.25, 0.3) is 0 Å². The molecule has 1 unspecified atom stereocenters. The molecular weight excluding hydrogens is 176 g/mol. The maximum Gasteiger partial charge on any atom is 0.329 e. The highest BCUT2D eigenvalue weighted by Gasteiger charge is 2.04. The van der Waals surface area contributed by atoms with Crippen LogP contribution in [0.2, 0.25) is 0 Å². The first-order valence-corrected chi connectivity index (χ1v) is 3.47. The summed E-state index contributed by atoms with van der Waals surface area (Å²) in [4.78, 5) is 20.6. The van der Waals surface area contributed by atoms with E-state index in [-0.39, 0.29) is 6.54 Å². The van der Waals surface area contributed by atoms with Crippen LogP contribution < -0.4 is 22.3 Å². The largest absolute Gasteiger partial charge is 0.480 e. The Hall–Kier alpha value is -1.60. The van der Waals surface area contributed by atoms with Crippen molar-refractivity contribution in [3.05, 3.63) is 12.2 Å². The lowest BCUT2D eigenvalue weighted by Gasteiger charge is -2.00. The molecule has 0 aliphatic heterocycles. The molecule has 0 fully saturated rings. The van der Waals surface area contributed by atoms with Gasteiger partial charge in [0.15, 0.2) is 0 Å². The zero-order chi connectivity index (χ0) is 10.3. The first-order valence-electron chi connectivity index (χ1n) is 3.47. The molecule has 0 aromatic carbocycles. The quantitative estimate of drug-likeness (QED) is 0.153. The number of hydrazine groups is 1. The fraction of sp³-hybridized carbons (Fsp3) is 0.333. The van der Waals surface area contributed by atoms with E-state index < -0.39 is 18.0 Å². The molecule has 0 aromatic heterocycles. The van der Waals surface area contributed by atoms with Crippen molar-refractivity contribution in [2.24, 2.45) is 11.6 Å². The second-order valence-corrected chi connectivity index (χ2v) is 2.15. The summed E-state index contributed by atoms with van der Waals surface area (Å²) in [6.45, 7) is 0.171. The van der Waals surface area contributed by atoms with Crippen molar-refractivity contribution in [3.63, 3.8) is 0 Å². The minimum absolute atomic E-state index is 0.171. The molecule has 0 saturated carbocycles. The topological polar surface area (TPSA) is 130 Å². The molecule has 0 spiro atoms. The summed E-state index contributed by atoms with van der Waals surface area (Å²) in [5, 5.41) is 10.7. The Kier molecular flexibility index (Phi) is 5.24. The van der Waals surface area contributed by atoms with Crippen LogP contribution in [0.4, 0.5) is 4.79 Å². The number of nitrogens with two attached hydrogens (primary N) is 2. The molecule has 7 nitrogen and oxygen atoms in total. The van der Waals surface area contributed by atoms with Gasteiger partial charge in [-0.15, -0.1) is 0 Å². The Morgan fingerprint density at radius 1 is 1.54 bits per heavy atom. The number of hydrogen-bond donors (Lipinski definition) is 5. The number of hydrogen-bond acceptors (Lipinski definition) is 4. The molecule has 7 heteroatoms. The molecule has 0 aromatic rings. The summed E-state index contributed by atoms with van der Waals surface area (Å²) in [6.07, 6.45) is 2.69. The first-order chi connectivity index (χ1) is 6.07. The lowest BCUT2D eigenvalue weighted by atomic mass is 10.3. The van der Waals surface area contributed by atoms with Crippen molar-refractivity contribution in [3.8, 4) is 0 Å². The number of carbonyl (C=O) groups is 2. The molecular formula is C6H12N4O3. The summed E-state index contributed by atoms with van der Waals surface area (Å²) in [5.74, 6) is 3.63. The molecule has 7 N–H and O–H groups in total. The fourth-order valence-electron chi connectivity index (χ4n) is 0.500. The third-order valence-corrected chi connectivity index (χ3v) is 1.14. The van der Waals surface area contributed by atoms with Gasteiger partial charge in [0.25, 0.3) is 0 Å². The molecule has 0 saturated heterocycles. The highest BCUT2D eigenvalue weighted by molar-refractivity contribution is 5.75. The molecule has 74 valence electrons. The summed E-state index contributed by atoms with van der Waals surface area (Å²) < 4.78 is 0. The second kappa shape index (κ2) is 5.98. The van der Waals surface area contributed by atoms with Crippen molar-refractivity contribution in [1.29, 1.82) is 0 Å². The van der Waals surface area contributed by atoms with Gasteiger partial charge in [-0.3, -0.25) is 10.2 Å². The van der Waals surface area contributed by atoms with Crippen LogP contribution in [0.3, 0.4) is 0 Å². The molecule has 13 heavy (non-hydrogen) atoms. The van der Waals surface area contributed by atoms with Crippen molar-refractivity contribution >= 4 is 12.0 Å². The van der Waals surface area contributed by atoms with Gasteiger partial charge in [0.1, 0.15) is 6.04 Å². The standard InChI is InChI=1S/C6H12N4O3/c7-4(5(11)12)2-1-3-9-6(13)10-8/h1-2,4H,3,7-8H2,(H,11,12)(H2,9,10,13)/b2-1+. The van der Waals surface area contributed by atoms with Crippen LogP contribution in [0.1, 0.15) is 0 Å². The van der Waals surface area contributed by atoms with Gasteiger partial charge in [-0.1, -0.05) is 12.2 Å². The number of amides is 2. The van der Waals surface area contributed by atoms with Crippen LogP contribution in [-0.4, -0.2) is 29.7 Å². The van der Waals surface area contributed by atoms with Crippen molar-refractivity contribution in [1.82, 2.24) is 10.7 Å². The van der Waals surface area contributed by atoms with Gasteiger partial charge in [0.2, 0.25) is 0 Å². The highest BCUT2D eigenvalue weighted by atomic mass is 16.4. The zero-order valence-electron chi connectivity index (χ0n) is 6.86. The van der Waals surface area contributed by atoms with Crippen LogP contribution in [-0.2, 0) is 4.79 Å². The Morgan fingerprint density at radius 2 is 2.15 bits per heavy atom. The SMILES string of the molecule is NNC(=O)NC/C=C/C(N)C(=O)O. The van der Waals surface area contributed by atoms with Crippen LogP contribution in [0.15, 0.2) is 12.2 Å². The summed E-state index contributed by atoms with van der Waals surface area (Å²) in [6, 6.07) is -1.60. The third-order valence-electron chi connectivity index (χ3n) is 1.14. The van der Waals surface area contributed by atoms with E-state index in [4.69, 9.17) is 16.7 Å². The summed E-state index contributed by atoms with van der Waals surface area (Å²) >= 11 is 0. The third kappa shape index (κ3) is 5.65. The average Bonchev–Trinajstić information content (AvgIpc) is 2.11. The van der Waals surface area contributed by atoms with Crippen molar-refractivity contribution < 1.29 is 14.7 Å². The van der Waals surface area contributed by atoms with Crippen LogP contribution in [0.5, 0.6) is 0 Å². The lowest BCUT2D eigenvalue weighted by Crippen LogP contribution is -2.40. The minimum atomic E-state index is -1.13. The molecule has 0 bridgehead atoms. The molecule has 0 aliphatic carbocycles. The Balaban J connectivity index is 3.63. The van der Waals surface area contributed by atoms with E-state index in [2.05, 4.69) is 5.32 Å². The molecule has 0 aliphatic rings. The predicted octanol–water partition coefficient (Wildman–Crippen LogP) is -1.87. The van der Waals surface area contributed by atoms with E-state index in [1.807, 2.05) is 5.43 Å². The maximum absolute atomic E-state index is 10.5. The smallest absolute Gasteiger partial charge is 0.329 e. The molecule has 0 rings (SSSR count). The van der Waals surface area contributed by atoms with E-state index in [1.165, 1.54) is 12.2 Å². The number of aliphatic carboxylic acids is 1. The van der Waals surface area contributed by atoms with Gasteiger partial charge in [-0.2, -0.15) is 0 Å². The zero-order valence-corrected chi connectivity index (χ0v) is 6.86. The highest BCUT2D eigenvalue weighted by Crippen LogP contribution is 1.80. The van der Waals surface area contributed by atoms with Gasteiger partial charge < -0.3 is 16.2 Å². The monoisotopic (exact) mass is 188 g/mol. The number of carboxylic acid groups (broad SMARTS) is 1. The van der Waals surface area contributed by atoms with Crippen LogP contribution in [0, 0.1) is 0 Å². The molecule has 1 atom stereocenters. The van der Waals surface area contributed by atoms with Gasteiger partial charge in [0, 0.05) is 6.54 Å². The fourth-order valence-corrected chi connectivity index (χ4v) is 0.500. The number of rotatable bonds is 4. The Labute approximate surface area is 74.7 Å². The lowest BCUT2D eigenvalue weighted by molar-refractivity contribution is -0.137. The van der Waals surface area contributed by atoms with Crippen molar-refractivity contribution in [2.45, 2.75) is 6.04 Å². The normalized spacial score (nSPS) is 12.5. The number of nitrogens with one attached hydrogen (secondary N) is 2. The van der Waals surface area contributed by atoms with Gasteiger partial charge in [-0.25, -0.2) is 10.6 Å². The Bertz CT molecular complexity index is 216. The molecule has 0 heterocycles. The van der Waals surface area contributed by atoms with E-state index in [1.54, 1.807) is 0 Å².